The molecule has 25 heavy (non-hydrogen) atoms. The molecule has 7 heteroatoms. The van der Waals surface area contributed by atoms with Gasteiger partial charge in [0.15, 0.2) is 17.7 Å². The van der Waals surface area contributed by atoms with Crippen LogP contribution in [0.2, 0.25) is 0 Å². The summed E-state index contributed by atoms with van der Waals surface area (Å²) in [5.74, 6) is 0.508. The van der Waals surface area contributed by atoms with E-state index in [4.69, 9.17) is 9.47 Å². The van der Waals surface area contributed by atoms with Gasteiger partial charge in [0.2, 0.25) is 0 Å². The summed E-state index contributed by atoms with van der Waals surface area (Å²) in [6, 6.07) is 7.86. The number of hydrogen-bond acceptors (Lipinski definition) is 7. The first-order valence-corrected chi connectivity index (χ1v) is 9.46. The van der Waals surface area contributed by atoms with E-state index in [0.29, 0.717) is 23.1 Å². The first-order chi connectivity index (χ1) is 12.3. The van der Waals surface area contributed by atoms with Gasteiger partial charge in [-0.1, -0.05) is 23.9 Å². The van der Waals surface area contributed by atoms with E-state index < -0.39 is 0 Å². The molecule has 0 amide bonds. The van der Waals surface area contributed by atoms with Gasteiger partial charge in [-0.05, 0) is 43.2 Å². The van der Waals surface area contributed by atoms with Crippen LogP contribution < -0.4 is 5.32 Å². The fourth-order valence-corrected chi connectivity index (χ4v) is 2.85. The van der Waals surface area contributed by atoms with Crippen LogP contribution in [0.15, 0.2) is 35.6 Å². The maximum Gasteiger partial charge on any atom is 0.189 e. The highest BCUT2D eigenvalue weighted by Gasteiger charge is 2.14. The van der Waals surface area contributed by atoms with E-state index in [1.54, 1.807) is 0 Å². The zero-order chi connectivity index (χ0) is 17.5. The Labute approximate surface area is 151 Å². The number of rotatable bonds is 7. The van der Waals surface area contributed by atoms with Crippen molar-refractivity contribution in [3.63, 3.8) is 0 Å². The first-order valence-electron chi connectivity index (χ1n) is 8.24. The average Bonchev–Trinajstić information content (AvgIpc) is 2.68. The van der Waals surface area contributed by atoms with Crippen molar-refractivity contribution >= 4 is 29.6 Å². The van der Waals surface area contributed by atoms with E-state index in [-0.39, 0.29) is 6.29 Å². The molecule has 1 saturated heterocycles. The molecule has 132 valence electrons. The van der Waals surface area contributed by atoms with Crippen LogP contribution in [0.25, 0.3) is 0 Å². The number of anilines is 2. The Bertz CT molecular complexity index is 703. The van der Waals surface area contributed by atoms with E-state index in [9.17, 15) is 4.79 Å². The highest BCUT2D eigenvalue weighted by molar-refractivity contribution is 7.98. The lowest BCUT2D eigenvalue weighted by atomic mass is 10.2. The van der Waals surface area contributed by atoms with Gasteiger partial charge in [-0.2, -0.15) is 0 Å². The number of aldehydes is 1. The molecule has 1 aliphatic heterocycles. The van der Waals surface area contributed by atoms with Gasteiger partial charge in [0, 0.05) is 18.5 Å². The fourth-order valence-electron chi connectivity index (χ4n) is 2.51. The molecular weight excluding hydrogens is 338 g/mol. The van der Waals surface area contributed by atoms with Crippen molar-refractivity contribution in [3.8, 4) is 0 Å². The monoisotopic (exact) mass is 359 g/mol. The molecule has 2 aromatic rings. The van der Waals surface area contributed by atoms with Crippen LogP contribution in [0.5, 0.6) is 0 Å². The van der Waals surface area contributed by atoms with Crippen molar-refractivity contribution < 1.29 is 14.3 Å². The summed E-state index contributed by atoms with van der Waals surface area (Å²) < 4.78 is 11.3. The second-order valence-electron chi connectivity index (χ2n) is 5.71. The number of nitrogens with zero attached hydrogens (tertiary/aromatic N) is 2. The van der Waals surface area contributed by atoms with Crippen LogP contribution in [0, 0.1) is 0 Å². The van der Waals surface area contributed by atoms with Gasteiger partial charge in [0.1, 0.15) is 5.82 Å². The number of ether oxygens (including phenoxy) is 2. The normalized spacial score (nSPS) is 17.2. The van der Waals surface area contributed by atoms with Gasteiger partial charge < -0.3 is 14.8 Å². The van der Waals surface area contributed by atoms with E-state index in [1.165, 1.54) is 18.0 Å². The quantitative estimate of drug-likeness (QED) is 0.458. The van der Waals surface area contributed by atoms with Gasteiger partial charge in [0.05, 0.1) is 12.2 Å². The number of aromatic nitrogens is 2. The van der Waals surface area contributed by atoms with E-state index >= 15 is 0 Å². The molecule has 0 radical (unpaired) electrons. The predicted molar refractivity (Wildman–Crippen MR) is 97.3 cm³/mol. The average molecular weight is 359 g/mol. The van der Waals surface area contributed by atoms with Crippen molar-refractivity contribution in [1.29, 1.82) is 0 Å². The third kappa shape index (κ3) is 5.01. The number of hydrogen-bond donors (Lipinski definition) is 1. The van der Waals surface area contributed by atoms with Crippen LogP contribution in [-0.4, -0.2) is 35.4 Å². The van der Waals surface area contributed by atoms with Crippen LogP contribution in [-0.2, 0) is 16.1 Å². The standard InChI is InChI=1S/C18H21N3O3S/c1-25-18-19-10-14(11-22)17(21-18)20-15-7-5-13(6-8-15)12-24-16-4-2-3-9-23-16/h5-8,10-11,16H,2-4,9,12H2,1H3,(H,19,20,21). The largest absolute Gasteiger partial charge is 0.353 e. The zero-order valence-electron chi connectivity index (χ0n) is 14.1. The number of thioether (sulfide) groups is 1. The third-order valence-corrected chi connectivity index (χ3v) is 4.46. The number of benzene rings is 1. The van der Waals surface area contributed by atoms with E-state index in [2.05, 4.69) is 15.3 Å². The van der Waals surface area contributed by atoms with Crippen LogP contribution >= 0.6 is 11.8 Å². The smallest absolute Gasteiger partial charge is 0.189 e. The Kier molecular flexibility index (Phi) is 6.38. The highest BCUT2D eigenvalue weighted by Crippen LogP contribution is 2.21. The van der Waals surface area contributed by atoms with Crippen molar-refractivity contribution in [2.45, 2.75) is 37.3 Å². The Morgan fingerprint density at radius 3 is 2.88 bits per heavy atom. The molecule has 1 aliphatic rings. The molecule has 1 fully saturated rings. The molecule has 0 aliphatic carbocycles. The SMILES string of the molecule is CSc1ncc(C=O)c(Nc2ccc(COC3CCCCO3)cc2)n1. The second-order valence-corrected chi connectivity index (χ2v) is 6.48. The summed E-state index contributed by atoms with van der Waals surface area (Å²) in [5.41, 5.74) is 2.36. The summed E-state index contributed by atoms with van der Waals surface area (Å²) in [6.45, 7) is 1.30. The number of nitrogens with one attached hydrogen (secondary N) is 1. The number of carbonyl (C=O) groups excluding carboxylic acids is 1. The van der Waals surface area contributed by atoms with Crippen molar-refractivity contribution in [3.05, 3.63) is 41.6 Å². The van der Waals surface area contributed by atoms with Crippen molar-refractivity contribution in [2.75, 3.05) is 18.2 Å². The molecular formula is C18H21N3O3S. The van der Waals surface area contributed by atoms with Gasteiger partial charge in [-0.25, -0.2) is 9.97 Å². The minimum atomic E-state index is -0.0901. The van der Waals surface area contributed by atoms with Gasteiger partial charge >= 0.3 is 0 Å². The molecule has 6 nitrogen and oxygen atoms in total. The molecule has 0 spiro atoms. The summed E-state index contributed by atoms with van der Waals surface area (Å²) >= 11 is 1.43. The molecule has 1 N–H and O–H groups in total. The lowest BCUT2D eigenvalue weighted by molar-refractivity contribution is -0.168. The van der Waals surface area contributed by atoms with Gasteiger partial charge in [-0.15, -0.1) is 0 Å². The topological polar surface area (TPSA) is 73.3 Å². The fraction of sp³-hybridized carbons (Fsp3) is 0.389. The highest BCUT2D eigenvalue weighted by atomic mass is 32.2. The number of carbonyl (C=O) groups is 1. The second kappa shape index (κ2) is 8.94. The molecule has 2 heterocycles. The maximum atomic E-state index is 11.2. The van der Waals surface area contributed by atoms with Crippen molar-refractivity contribution in [2.24, 2.45) is 0 Å². The molecule has 0 bridgehead atoms. The van der Waals surface area contributed by atoms with E-state index in [0.717, 1.165) is 43.4 Å². The minimum Gasteiger partial charge on any atom is -0.353 e. The summed E-state index contributed by atoms with van der Waals surface area (Å²) in [4.78, 5) is 19.6. The molecule has 1 atom stereocenters. The first kappa shape index (κ1) is 17.8. The van der Waals surface area contributed by atoms with Crippen LogP contribution in [0.4, 0.5) is 11.5 Å². The van der Waals surface area contributed by atoms with Gasteiger partial charge in [0.25, 0.3) is 0 Å². The summed E-state index contributed by atoms with van der Waals surface area (Å²) in [5, 5.41) is 3.79. The minimum absolute atomic E-state index is 0.0901. The third-order valence-electron chi connectivity index (χ3n) is 3.89. The van der Waals surface area contributed by atoms with Gasteiger partial charge in [-0.3, -0.25) is 4.79 Å². The van der Waals surface area contributed by atoms with Crippen LogP contribution in [0.1, 0.15) is 35.2 Å². The molecule has 0 saturated carbocycles. The van der Waals surface area contributed by atoms with Crippen molar-refractivity contribution in [1.82, 2.24) is 9.97 Å². The maximum absolute atomic E-state index is 11.2. The van der Waals surface area contributed by atoms with Crippen LogP contribution in [0.3, 0.4) is 0 Å². The molecule has 1 aromatic carbocycles. The zero-order valence-corrected chi connectivity index (χ0v) is 14.9. The Morgan fingerprint density at radius 2 is 2.20 bits per heavy atom. The lowest BCUT2D eigenvalue weighted by Gasteiger charge is -2.22. The molecule has 1 unspecified atom stereocenters. The molecule has 3 rings (SSSR count). The predicted octanol–water partition coefficient (Wildman–Crippen LogP) is 3.80. The van der Waals surface area contributed by atoms with E-state index in [1.807, 2.05) is 30.5 Å². The summed E-state index contributed by atoms with van der Waals surface area (Å²) in [6.07, 6.45) is 7.31. The Hall–Kier alpha value is -1.96. The molecule has 1 aromatic heterocycles. The lowest BCUT2D eigenvalue weighted by Crippen LogP contribution is -2.21. The summed E-state index contributed by atoms with van der Waals surface area (Å²) in [7, 11) is 0. The Balaban J connectivity index is 1.61. The Morgan fingerprint density at radius 1 is 1.36 bits per heavy atom.